The summed E-state index contributed by atoms with van der Waals surface area (Å²) in [6.07, 6.45) is -6.75. The van der Waals surface area contributed by atoms with Crippen LogP contribution in [0.1, 0.15) is 0 Å². The molecule has 204 valence electrons. The Bertz CT molecular complexity index is 1070. The fourth-order valence-corrected chi connectivity index (χ4v) is 2.80. The van der Waals surface area contributed by atoms with Crippen LogP contribution in [0.15, 0.2) is 0 Å². The van der Waals surface area contributed by atoms with Gasteiger partial charge in [0.15, 0.2) is 12.2 Å². The van der Waals surface area contributed by atoms with Gasteiger partial charge >= 0.3 is 11.9 Å². The van der Waals surface area contributed by atoms with Crippen LogP contribution in [0, 0.1) is 58.2 Å². The zero-order valence-corrected chi connectivity index (χ0v) is 18.4. The Balaban J connectivity index is 2.40. The third-order valence-corrected chi connectivity index (χ3v) is 4.59. The molecule has 2 aromatic carbocycles. The van der Waals surface area contributed by atoms with Crippen molar-refractivity contribution in [2.75, 3.05) is 21.3 Å². The molecule has 0 unspecified atom stereocenters. The van der Waals surface area contributed by atoms with Gasteiger partial charge in [-0.15, -0.1) is 0 Å². The first kappa shape index (κ1) is 29.8. The number of halogens is 10. The minimum Gasteiger partial charge on any atom is -0.418 e. The van der Waals surface area contributed by atoms with E-state index in [-0.39, 0.29) is 0 Å². The van der Waals surface area contributed by atoms with Gasteiger partial charge in [-0.2, -0.15) is 17.6 Å². The molecule has 0 amide bonds. The summed E-state index contributed by atoms with van der Waals surface area (Å²) in [6.45, 7) is 0. The molecule has 0 fully saturated rings. The van der Waals surface area contributed by atoms with Crippen LogP contribution in [0.25, 0.3) is 0 Å². The first-order chi connectivity index (χ1) is 17.2. The number of carbonyl (C=O) groups excluding carboxylic acids is 2. The van der Waals surface area contributed by atoms with Gasteiger partial charge in [0.05, 0.1) is 0 Å². The van der Waals surface area contributed by atoms with Crippen LogP contribution in [-0.4, -0.2) is 51.6 Å². The molecule has 0 spiro atoms. The lowest BCUT2D eigenvalue weighted by Crippen LogP contribution is -2.51. The number of methoxy groups -OCH3 is 3. The first-order valence-corrected chi connectivity index (χ1v) is 9.29. The topological polar surface area (TPSA) is 80.3 Å². The lowest BCUT2D eigenvalue weighted by molar-refractivity contribution is -0.174. The van der Waals surface area contributed by atoms with Crippen molar-refractivity contribution in [1.29, 1.82) is 0 Å². The predicted octanol–water partition coefficient (Wildman–Crippen LogP) is 3.63. The first-order valence-electron chi connectivity index (χ1n) is 9.29. The van der Waals surface area contributed by atoms with E-state index in [1.807, 2.05) is 0 Å². The third-order valence-electron chi connectivity index (χ3n) is 4.59. The van der Waals surface area contributed by atoms with Gasteiger partial charge in [-0.3, -0.25) is 0 Å². The summed E-state index contributed by atoms with van der Waals surface area (Å²) in [5, 5.41) is 0. The zero-order chi connectivity index (χ0) is 28.4. The van der Waals surface area contributed by atoms with Crippen LogP contribution in [-0.2, 0) is 23.8 Å². The number of esters is 2. The van der Waals surface area contributed by atoms with Crippen molar-refractivity contribution in [3.8, 4) is 11.5 Å². The molecule has 0 saturated carbocycles. The molecule has 0 N–H and O–H groups in total. The summed E-state index contributed by atoms with van der Waals surface area (Å²) in [5.41, 5.74) is 0. The van der Waals surface area contributed by atoms with Gasteiger partial charge in [-0.1, -0.05) is 0 Å². The molecule has 2 aromatic rings. The lowest BCUT2D eigenvalue weighted by atomic mass is 10.1. The quantitative estimate of drug-likeness (QED) is 0.154. The Morgan fingerprint density at radius 3 is 0.919 bits per heavy atom. The maximum absolute atomic E-state index is 13.8. The highest BCUT2D eigenvalue weighted by atomic mass is 19.2. The molecule has 0 aliphatic carbocycles. The molecular formula is C20H12F10O7. The SMILES string of the molecule is COC([C@@H](OC)C(=O)Oc1c(F)c(F)c(F)c(F)c1F)[C@@H](OC)C(=O)Oc1c(F)c(F)c(F)c(F)c1F. The maximum Gasteiger partial charge on any atom is 0.343 e. The summed E-state index contributed by atoms with van der Waals surface area (Å²) >= 11 is 0. The molecule has 0 bridgehead atoms. The summed E-state index contributed by atoms with van der Waals surface area (Å²) in [4.78, 5) is 24.8. The van der Waals surface area contributed by atoms with Gasteiger partial charge < -0.3 is 23.7 Å². The standard InChI is InChI=1S/C20H12F10O7/c1-33-16(17(34-2)19(31)36-14-10(27)6(23)4(21)7(24)11(14)28)18(35-3)20(32)37-15-12(29)8(25)5(22)9(26)13(15)30/h16-18H,1-3H3/t17-,18-/m1/s1. The highest BCUT2D eigenvalue weighted by molar-refractivity contribution is 5.82. The predicted molar refractivity (Wildman–Crippen MR) is 96.1 cm³/mol. The van der Waals surface area contributed by atoms with Crippen molar-refractivity contribution < 1.29 is 77.2 Å². The van der Waals surface area contributed by atoms with Crippen LogP contribution in [0.5, 0.6) is 11.5 Å². The Hall–Kier alpha value is -3.44. The van der Waals surface area contributed by atoms with E-state index in [0.29, 0.717) is 14.2 Å². The second-order valence-corrected chi connectivity index (χ2v) is 6.65. The summed E-state index contributed by atoms with van der Waals surface area (Å²) in [7, 11) is 2.16. The van der Waals surface area contributed by atoms with Gasteiger partial charge in [0.25, 0.3) is 0 Å². The van der Waals surface area contributed by atoms with Crippen molar-refractivity contribution in [3.63, 3.8) is 0 Å². The molecule has 0 aliphatic rings. The number of hydrogen-bond donors (Lipinski definition) is 0. The van der Waals surface area contributed by atoms with Gasteiger partial charge in [0.1, 0.15) is 6.10 Å². The van der Waals surface area contributed by atoms with Crippen LogP contribution in [0.2, 0.25) is 0 Å². The molecule has 37 heavy (non-hydrogen) atoms. The summed E-state index contributed by atoms with van der Waals surface area (Å²) in [5.74, 6) is -33.2. The van der Waals surface area contributed by atoms with E-state index < -0.39 is 99.9 Å². The minimum atomic E-state index is -2.57. The van der Waals surface area contributed by atoms with Gasteiger partial charge in [-0.05, 0) is 0 Å². The van der Waals surface area contributed by atoms with Crippen molar-refractivity contribution in [2.24, 2.45) is 0 Å². The summed E-state index contributed by atoms with van der Waals surface area (Å²) in [6, 6.07) is 0. The number of hydrogen-bond acceptors (Lipinski definition) is 7. The number of rotatable bonds is 9. The average molecular weight is 554 g/mol. The van der Waals surface area contributed by atoms with E-state index in [2.05, 4.69) is 18.9 Å². The Labute approximate surface area is 199 Å². The van der Waals surface area contributed by atoms with Crippen LogP contribution in [0.3, 0.4) is 0 Å². The molecule has 0 heterocycles. The van der Waals surface area contributed by atoms with E-state index in [4.69, 9.17) is 4.74 Å². The van der Waals surface area contributed by atoms with Gasteiger partial charge in [-0.25, -0.2) is 35.9 Å². The lowest BCUT2D eigenvalue weighted by Gasteiger charge is -2.28. The third kappa shape index (κ3) is 5.47. The van der Waals surface area contributed by atoms with E-state index in [1.165, 1.54) is 0 Å². The van der Waals surface area contributed by atoms with Crippen LogP contribution >= 0.6 is 0 Å². The molecule has 7 nitrogen and oxygen atoms in total. The molecule has 0 radical (unpaired) electrons. The van der Waals surface area contributed by atoms with Gasteiger partial charge in [0.2, 0.25) is 69.7 Å². The highest BCUT2D eigenvalue weighted by Gasteiger charge is 2.43. The van der Waals surface area contributed by atoms with E-state index in [1.54, 1.807) is 0 Å². The van der Waals surface area contributed by atoms with Crippen LogP contribution in [0.4, 0.5) is 43.9 Å². The van der Waals surface area contributed by atoms with Crippen LogP contribution < -0.4 is 9.47 Å². The van der Waals surface area contributed by atoms with Crippen molar-refractivity contribution >= 4 is 11.9 Å². The molecule has 2 atom stereocenters. The fraction of sp³-hybridized carbons (Fsp3) is 0.300. The minimum absolute atomic E-state index is 0.707. The molecule has 2 rings (SSSR count). The highest BCUT2D eigenvalue weighted by Crippen LogP contribution is 2.31. The van der Waals surface area contributed by atoms with E-state index in [0.717, 1.165) is 7.11 Å². The second-order valence-electron chi connectivity index (χ2n) is 6.65. The Morgan fingerprint density at radius 2 is 0.703 bits per heavy atom. The average Bonchev–Trinajstić information content (AvgIpc) is 2.88. The molecule has 0 aromatic heterocycles. The van der Waals surface area contributed by atoms with Gasteiger partial charge in [0, 0.05) is 21.3 Å². The smallest absolute Gasteiger partial charge is 0.343 e. The zero-order valence-electron chi connectivity index (χ0n) is 18.4. The Morgan fingerprint density at radius 1 is 0.459 bits per heavy atom. The van der Waals surface area contributed by atoms with E-state index >= 15 is 0 Å². The normalized spacial score (nSPS) is 13.0. The fourth-order valence-electron chi connectivity index (χ4n) is 2.80. The number of ether oxygens (including phenoxy) is 5. The van der Waals surface area contributed by atoms with Crippen molar-refractivity contribution in [3.05, 3.63) is 58.2 Å². The molecule has 0 saturated heterocycles. The maximum atomic E-state index is 13.8. The molecule has 17 heteroatoms. The van der Waals surface area contributed by atoms with Crippen molar-refractivity contribution in [2.45, 2.75) is 18.3 Å². The Kier molecular flexibility index (Phi) is 9.45. The monoisotopic (exact) mass is 554 g/mol. The molecular weight excluding hydrogens is 542 g/mol. The molecule has 0 aliphatic heterocycles. The largest absolute Gasteiger partial charge is 0.418 e. The number of carbonyl (C=O) groups is 2. The number of benzene rings is 2. The van der Waals surface area contributed by atoms with E-state index in [9.17, 15) is 53.5 Å². The second kappa shape index (κ2) is 11.7. The summed E-state index contributed by atoms with van der Waals surface area (Å²) < 4.78 is 158. The van der Waals surface area contributed by atoms with Crippen molar-refractivity contribution in [1.82, 2.24) is 0 Å².